The summed E-state index contributed by atoms with van der Waals surface area (Å²) in [5.41, 5.74) is 7.56. The van der Waals surface area contributed by atoms with Gasteiger partial charge in [0.05, 0.1) is 0 Å². The van der Waals surface area contributed by atoms with E-state index in [1.54, 1.807) is 13.8 Å². The number of carboxylic acids is 1. The monoisotopic (exact) mass is 260 g/mol. The maximum absolute atomic E-state index is 10.0. The normalized spacial score (nSPS) is 13.7. The van der Waals surface area contributed by atoms with Crippen molar-refractivity contribution in [1.29, 1.82) is 0 Å². The van der Waals surface area contributed by atoms with Gasteiger partial charge in [-0.3, -0.25) is 4.79 Å². The van der Waals surface area contributed by atoms with Gasteiger partial charge in [0.1, 0.15) is 6.04 Å². The Labute approximate surface area is 113 Å². The number of nitrogens with two attached hydrogens (primary N) is 1. The van der Waals surface area contributed by atoms with Gasteiger partial charge in [-0.25, -0.2) is 0 Å². The predicted molar refractivity (Wildman–Crippen MR) is 78.7 cm³/mol. The maximum Gasteiger partial charge on any atom is 0.320 e. The van der Waals surface area contributed by atoms with Crippen molar-refractivity contribution in [2.75, 3.05) is 5.32 Å². The molecule has 19 heavy (non-hydrogen) atoms. The molecule has 0 saturated heterocycles. The van der Waals surface area contributed by atoms with Crippen molar-refractivity contribution in [3.8, 4) is 0 Å². The minimum Gasteiger partial charge on any atom is -0.480 e. The Kier molecular flexibility index (Phi) is 5.82. The number of rotatable bonds is 2. The largest absolute Gasteiger partial charge is 0.480 e. The number of allylic oxidation sites excluding steroid dienone is 2. The lowest BCUT2D eigenvalue weighted by atomic mass is 10.1. The molecule has 0 radical (unpaired) electrons. The van der Waals surface area contributed by atoms with Crippen LogP contribution >= 0.6 is 0 Å². The van der Waals surface area contributed by atoms with E-state index in [1.165, 1.54) is 5.56 Å². The van der Waals surface area contributed by atoms with Crippen molar-refractivity contribution in [2.24, 2.45) is 11.7 Å². The molecule has 1 aromatic rings. The van der Waals surface area contributed by atoms with Gasteiger partial charge in [-0.05, 0) is 23.6 Å². The molecule has 1 atom stereocenters. The molecule has 0 amide bonds. The maximum atomic E-state index is 10.0. The number of benzene rings is 1. The van der Waals surface area contributed by atoms with E-state index in [0.717, 1.165) is 5.69 Å². The summed E-state index contributed by atoms with van der Waals surface area (Å²) in [6.07, 6.45) is 8.03. The average molecular weight is 260 g/mol. The summed E-state index contributed by atoms with van der Waals surface area (Å²) in [5, 5.41) is 11.4. The van der Waals surface area contributed by atoms with Crippen molar-refractivity contribution in [1.82, 2.24) is 0 Å². The zero-order valence-electron chi connectivity index (χ0n) is 11.2. The second-order valence-corrected chi connectivity index (χ2v) is 4.56. The second-order valence-electron chi connectivity index (χ2n) is 4.56. The van der Waals surface area contributed by atoms with Crippen LogP contribution in [0.4, 0.5) is 5.69 Å². The van der Waals surface area contributed by atoms with Gasteiger partial charge < -0.3 is 16.2 Å². The molecule has 102 valence electrons. The lowest BCUT2D eigenvalue weighted by Gasteiger charge is -2.07. The molecule has 0 unspecified atom stereocenters. The van der Waals surface area contributed by atoms with E-state index in [-0.39, 0.29) is 5.92 Å². The number of fused-ring (bicyclic) bond motifs is 1. The van der Waals surface area contributed by atoms with Crippen molar-refractivity contribution in [2.45, 2.75) is 19.9 Å². The fourth-order valence-corrected chi connectivity index (χ4v) is 1.41. The highest BCUT2D eigenvalue weighted by Crippen LogP contribution is 2.18. The molecular weight excluding hydrogens is 240 g/mol. The van der Waals surface area contributed by atoms with E-state index in [4.69, 9.17) is 10.8 Å². The topological polar surface area (TPSA) is 75.3 Å². The molecule has 0 aromatic heterocycles. The molecule has 4 N–H and O–H groups in total. The Morgan fingerprint density at radius 1 is 1.26 bits per heavy atom. The molecule has 1 aromatic carbocycles. The number of nitrogens with one attached hydrogen (secondary N) is 1. The predicted octanol–water partition coefficient (Wildman–Crippen LogP) is 2.69. The summed E-state index contributed by atoms with van der Waals surface area (Å²) in [4.78, 5) is 10.0. The first-order chi connectivity index (χ1) is 9.02. The third kappa shape index (κ3) is 4.97. The second kappa shape index (κ2) is 7.38. The summed E-state index contributed by atoms with van der Waals surface area (Å²) in [5.74, 6) is -0.910. The van der Waals surface area contributed by atoms with Crippen LogP contribution in [-0.2, 0) is 4.79 Å². The fourth-order valence-electron chi connectivity index (χ4n) is 1.41. The van der Waals surface area contributed by atoms with Gasteiger partial charge >= 0.3 is 5.97 Å². The van der Waals surface area contributed by atoms with Crippen molar-refractivity contribution < 1.29 is 9.90 Å². The third-order valence-corrected chi connectivity index (χ3v) is 2.69. The number of hydrogen-bond acceptors (Lipinski definition) is 3. The van der Waals surface area contributed by atoms with Gasteiger partial charge in [-0.1, -0.05) is 44.2 Å². The molecule has 0 bridgehead atoms. The van der Waals surface area contributed by atoms with E-state index in [1.807, 2.05) is 30.5 Å². The van der Waals surface area contributed by atoms with Crippen LogP contribution in [0.25, 0.3) is 6.08 Å². The van der Waals surface area contributed by atoms with E-state index >= 15 is 0 Å². The van der Waals surface area contributed by atoms with Crippen molar-refractivity contribution in [3.05, 3.63) is 48.2 Å². The van der Waals surface area contributed by atoms with Crippen LogP contribution in [0, 0.1) is 5.92 Å². The van der Waals surface area contributed by atoms with Gasteiger partial charge in [0.15, 0.2) is 0 Å². The zero-order chi connectivity index (χ0) is 14.3. The lowest BCUT2D eigenvalue weighted by Crippen LogP contribution is -2.34. The van der Waals surface area contributed by atoms with Crippen LogP contribution in [0.1, 0.15) is 19.4 Å². The first kappa shape index (κ1) is 15.0. The fraction of sp³-hybridized carbons (Fsp3) is 0.267. The molecular formula is C15H20N2O2. The first-order valence-corrected chi connectivity index (χ1v) is 6.19. The Morgan fingerprint density at radius 2 is 1.95 bits per heavy atom. The summed E-state index contributed by atoms with van der Waals surface area (Å²) in [7, 11) is 0. The molecule has 0 saturated carbocycles. The minimum atomic E-state index is -0.931. The van der Waals surface area contributed by atoms with Crippen molar-refractivity contribution >= 4 is 17.7 Å². The molecule has 0 aliphatic carbocycles. The smallest absolute Gasteiger partial charge is 0.320 e. The van der Waals surface area contributed by atoms with Crippen LogP contribution < -0.4 is 11.1 Å². The Balaban J connectivity index is 0.000000203. The molecule has 0 spiro atoms. The highest BCUT2D eigenvalue weighted by atomic mass is 16.4. The van der Waals surface area contributed by atoms with Crippen LogP contribution in [-0.4, -0.2) is 17.1 Å². The number of carbonyl (C=O) groups is 1. The van der Waals surface area contributed by atoms with E-state index in [2.05, 4.69) is 23.5 Å². The number of aliphatic carboxylic acids is 1. The SMILES string of the molecule is C1=CNc2ccccc2C=C1.CC(C)[C@H](N)C(=O)O. The van der Waals surface area contributed by atoms with Gasteiger partial charge in [0.2, 0.25) is 0 Å². The average Bonchev–Trinajstić information content (AvgIpc) is 2.63. The van der Waals surface area contributed by atoms with E-state index in [0.29, 0.717) is 0 Å². The Morgan fingerprint density at radius 3 is 2.53 bits per heavy atom. The number of anilines is 1. The van der Waals surface area contributed by atoms with E-state index in [9.17, 15) is 4.79 Å². The van der Waals surface area contributed by atoms with Gasteiger partial charge in [-0.2, -0.15) is 0 Å². The minimum absolute atomic E-state index is 0.0208. The molecule has 4 heteroatoms. The number of carboxylic acid groups (broad SMARTS) is 1. The zero-order valence-corrected chi connectivity index (χ0v) is 11.2. The van der Waals surface area contributed by atoms with Gasteiger partial charge in [0, 0.05) is 11.9 Å². The molecule has 1 aliphatic rings. The molecule has 4 nitrogen and oxygen atoms in total. The van der Waals surface area contributed by atoms with Crippen molar-refractivity contribution in [3.63, 3.8) is 0 Å². The summed E-state index contributed by atoms with van der Waals surface area (Å²) in [6.45, 7) is 3.55. The standard InChI is InChI=1S/C10H9N.C5H11NO2/c1-2-7-10-9(5-1)6-3-4-8-11-10;1-3(2)4(6)5(7)8/h1-8,11H;3-4H,6H2,1-2H3,(H,7,8)/t;4-/m.0/s1. The highest BCUT2D eigenvalue weighted by molar-refractivity contribution is 5.73. The van der Waals surface area contributed by atoms with E-state index < -0.39 is 12.0 Å². The lowest BCUT2D eigenvalue weighted by molar-refractivity contribution is -0.139. The first-order valence-electron chi connectivity index (χ1n) is 6.19. The summed E-state index contributed by atoms with van der Waals surface area (Å²) in [6, 6.07) is 7.51. The third-order valence-electron chi connectivity index (χ3n) is 2.69. The summed E-state index contributed by atoms with van der Waals surface area (Å²) < 4.78 is 0. The van der Waals surface area contributed by atoms with Gasteiger partial charge in [-0.15, -0.1) is 0 Å². The number of para-hydroxylation sites is 1. The molecule has 0 fully saturated rings. The Bertz CT molecular complexity index is 479. The molecule has 1 aliphatic heterocycles. The van der Waals surface area contributed by atoms with Crippen LogP contribution in [0.2, 0.25) is 0 Å². The van der Waals surface area contributed by atoms with Gasteiger partial charge in [0.25, 0.3) is 0 Å². The Hall–Kier alpha value is -2.07. The summed E-state index contributed by atoms with van der Waals surface area (Å²) >= 11 is 0. The molecule has 2 rings (SSSR count). The highest BCUT2D eigenvalue weighted by Gasteiger charge is 2.14. The van der Waals surface area contributed by atoms with Crippen LogP contribution in [0.5, 0.6) is 0 Å². The molecule has 1 heterocycles. The van der Waals surface area contributed by atoms with Crippen LogP contribution in [0.15, 0.2) is 42.6 Å². The van der Waals surface area contributed by atoms with Crippen LogP contribution in [0.3, 0.4) is 0 Å². The quantitative estimate of drug-likeness (QED) is 0.764. The number of hydrogen-bond donors (Lipinski definition) is 3.